The Kier molecular flexibility index (Phi) is 5.55. The molecule has 0 unspecified atom stereocenters. The van der Waals surface area contributed by atoms with Crippen molar-refractivity contribution in [2.75, 3.05) is 29.6 Å². The van der Waals surface area contributed by atoms with Crippen molar-refractivity contribution in [3.8, 4) is 0 Å². The summed E-state index contributed by atoms with van der Waals surface area (Å²) in [4.78, 5) is 41.0. The highest BCUT2D eigenvalue weighted by molar-refractivity contribution is 6.71. The minimum atomic E-state index is -2.77. The molecule has 0 aliphatic carbocycles. The van der Waals surface area contributed by atoms with Crippen LogP contribution in [0.5, 0.6) is 0 Å². The summed E-state index contributed by atoms with van der Waals surface area (Å²) in [6.45, 7) is 6.31. The van der Waals surface area contributed by atoms with Gasteiger partial charge in [-0.05, 0) is 49.8 Å². The Morgan fingerprint density at radius 3 is 2.47 bits per heavy atom. The van der Waals surface area contributed by atoms with Crippen LogP contribution in [0.25, 0.3) is 0 Å². The Bertz CT molecular complexity index is 1120. The normalized spacial score (nSPS) is 28.7. The summed E-state index contributed by atoms with van der Waals surface area (Å²) in [7, 11) is -2.77. The van der Waals surface area contributed by atoms with Crippen LogP contribution in [0.2, 0.25) is 18.6 Å². The van der Waals surface area contributed by atoms with Crippen LogP contribution in [0.15, 0.2) is 48.5 Å². The van der Waals surface area contributed by atoms with Crippen LogP contribution in [-0.2, 0) is 19.9 Å². The lowest BCUT2D eigenvalue weighted by molar-refractivity contribution is -0.145. The summed E-state index contributed by atoms with van der Waals surface area (Å²) in [5.74, 6) is -0.553. The first-order chi connectivity index (χ1) is 16.2. The molecule has 0 aromatic heterocycles. The highest BCUT2D eigenvalue weighted by atomic mass is 28.4. The predicted octanol–water partition coefficient (Wildman–Crippen LogP) is 3.50. The molecule has 5 rings (SSSR count). The van der Waals surface area contributed by atoms with Crippen molar-refractivity contribution in [2.45, 2.75) is 43.7 Å². The summed E-state index contributed by atoms with van der Waals surface area (Å²) in [5.41, 5.74) is 1.14. The van der Waals surface area contributed by atoms with Crippen LogP contribution in [0, 0.1) is 5.92 Å². The lowest BCUT2D eigenvalue weighted by Crippen LogP contribution is -2.45. The molecule has 3 aliphatic heterocycles. The Morgan fingerprint density at radius 2 is 1.85 bits per heavy atom. The number of cyclic esters (lactones) is 1. The number of hydrogen-bond donors (Lipinski definition) is 2. The van der Waals surface area contributed by atoms with Crippen LogP contribution in [-0.4, -0.2) is 56.1 Å². The van der Waals surface area contributed by atoms with E-state index in [2.05, 4.69) is 0 Å². The number of nitrogens with zero attached hydrogens (tertiary/aromatic N) is 2. The number of aliphatic hydroxyl groups is 1. The SMILES string of the molecule is C[C@H]1[C@H]([Si](C)(C)O)[C@@H](CCO)O[C@]12C(=O)N(c1ccccc1)c1ccc(N3CCOC3=O)cc12. The highest BCUT2D eigenvalue weighted by Crippen LogP contribution is 2.61. The fraction of sp³-hybridized carbons (Fsp3) is 0.440. The van der Waals surface area contributed by atoms with E-state index in [-0.39, 0.29) is 24.0 Å². The van der Waals surface area contributed by atoms with Crippen molar-refractivity contribution in [2.24, 2.45) is 5.92 Å². The Labute approximate surface area is 199 Å². The van der Waals surface area contributed by atoms with Crippen molar-refractivity contribution in [3.05, 3.63) is 54.1 Å². The van der Waals surface area contributed by atoms with Crippen LogP contribution in [0.1, 0.15) is 18.9 Å². The Morgan fingerprint density at radius 1 is 1.12 bits per heavy atom. The van der Waals surface area contributed by atoms with Gasteiger partial charge in [0.05, 0.1) is 18.3 Å². The van der Waals surface area contributed by atoms with Gasteiger partial charge < -0.3 is 19.4 Å². The van der Waals surface area contributed by atoms with Gasteiger partial charge in [-0.1, -0.05) is 25.1 Å². The molecule has 0 bridgehead atoms. The average molecular weight is 483 g/mol. The van der Waals surface area contributed by atoms with Gasteiger partial charge in [-0.25, -0.2) is 4.79 Å². The zero-order valence-corrected chi connectivity index (χ0v) is 20.6. The van der Waals surface area contributed by atoms with Gasteiger partial charge in [0, 0.05) is 35.0 Å². The first-order valence-corrected chi connectivity index (χ1v) is 14.7. The third-order valence-electron chi connectivity index (χ3n) is 7.38. The van der Waals surface area contributed by atoms with Crippen LogP contribution in [0.3, 0.4) is 0 Å². The molecule has 2 aromatic carbocycles. The quantitative estimate of drug-likeness (QED) is 0.633. The lowest BCUT2D eigenvalue weighted by atomic mass is 9.82. The number of ether oxygens (including phenoxy) is 2. The average Bonchev–Trinajstić information content (AvgIpc) is 3.42. The molecule has 3 aliphatic rings. The van der Waals surface area contributed by atoms with E-state index < -0.39 is 26.1 Å². The van der Waals surface area contributed by atoms with Crippen molar-refractivity contribution in [1.29, 1.82) is 0 Å². The number of carbonyl (C=O) groups excluding carboxylic acids is 2. The lowest BCUT2D eigenvalue weighted by Gasteiger charge is -2.32. The summed E-state index contributed by atoms with van der Waals surface area (Å²) < 4.78 is 11.7. The number of carbonyl (C=O) groups is 2. The molecule has 9 heteroatoms. The van der Waals surface area contributed by atoms with E-state index in [9.17, 15) is 19.5 Å². The second-order valence-corrected chi connectivity index (χ2v) is 13.8. The van der Waals surface area contributed by atoms with Crippen molar-refractivity contribution >= 4 is 37.4 Å². The first-order valence-electron chi connectivity index (χ1n) is 11.7. The molecule has 2 aromatic rings. The van der Waals surface area contributed by atoms with Crippen LogP contribution >= 0.6 is 0 Å². The predicted molar refractivity (Wildman–Crippen MR) is 130 cm³/mol. The van der Waals surface area contributed by atoms with Gasteiger partial charge in [0.1, 0.15) is 6.61 Å². The number of aliphatic hydroxyl groups excluding tert-OH is 1. The summed E-state index contributed by atoms with van der Waals surface area (Å²) in [5, 5.41) is 9.74. The van der Waals surface area contributed by atoms with Crippen LogP contribution in [0.4, 0.5) is 21.9 Å². The van der Waals surface area contributed by atoms with Gasteiger partial charge in [-0.3, -0.25) is 14.6 Å². The number of amides is 2. The molecule has 4 atom stereocenters. The van der Waals surface area contributed by atoms with Gasteiger partial charge in [0.15, 0.2) is 13.9 Å². The number of anilines is 3. The summed E-state index contributed by atoms with van der Waals surface area (Å²) in [6.07, 6.45) is -0.544. The molecule has 180 valence electrons. The van der Waals surface area contributed by atoms with E-state index in [1.807, 2.05) is 68.5 Å². The third kappa shape index (κ3) is 3.30. The zero-order chi connectivity index (χ0) is 24.3. The summed E-state index contributed by atoms with van der Waals surface area (Å²) >= 11 is 0. The molecule has 2 N–H and O–H groups in total. The zero-order valence-electron chi connectivity index (χ0n) is 19.6. The van der Waals surface area contributed by atoms with Gasteiger partial charge in [0.2, 0.25) is 0 Å². The van der Waals surface area contributed by atoms with E-state index in [1.165, 1.54) is 0 Å². The second kappa shape index (κ2) is 8.19. The molecule has 34 heavy (non-hydrogen) atoms. The molecular formula is C25H30N2O6Si. The third-order valence-corrected chi connectivity index (χ3v) is 9.88. The smallest absolute Gasteiger partial charge is 0.414 e. The fourth-order valence-corrected chi connectivity index (χ4v) is 8.62. The molecule has 3 heterocycles. The largest absolute Gasteiger partial charge is 0.447 e. The maximum Gasteiger partial charge on any atom is 0.414 e. The molecule has 2 fully saturated rings. The molecule has 0 radical (unpaired) electrons. The van der Waals surface area contributed by atoms with E-state index in [1.54, 1.807) is 9.80 Å². The highest BCUT2D eigenvalue weighted by Gasteiger charge is 2.66. The van der Waals surface area contributed by atoms with Gasteiger partial charge in [-0.15, -0.1) is 0 Å². The van der Waals surface area contributed by atoms with E-state index in [4.69, 9.17) is 9.47 Å². The van der Waals surface area contributed by atoms with Gasteiger partial charge >= 0.3 is 6.09 Å². The standard InChI is InChI=1S/C25H30N2O6Si/c1-16-22(34(2,3)31)21(11-13-28)33-25(16)19-15-18(26-12-14-32-24(26)30)9-10-20(19)27(23(25)29)17-7-5-4-6-8-17/h4-10,15-16,21-22,28,31H,11-14H2,1-3H3/t16-,21+,22-,25+/m0/s1. The first kappa shape index (κ1) is 23.0. The maximum atomic E-state index is 14.3. The molecule has 8 nitrogen and oxygen atoms in total. The van der Waals surface area contributed by atoms with E-state index >= 15 is 0 Å². The number of hydrogen-bond acceptors (Lipinski definition) is 6. The monoisotopic (exact) mass is 482 g/mol. The number of fused-ring (bicyclic) bond motifs is 2. The van der Waals surface area contributed by atoms with E-state index in [0.717, 1.165) is 5.69 Å². The molecule has 1 spiro atoms. The maximum absolute atomic E-state index is 14.3. The Hall–Kier alpha value is -2.72. The van der Waals surface area contributed by atoms with Crippen molar-refractivity contribution in [1.82, 2.24) is 0 Å². The van der Waals surface area contributed by atoms with Gasteiger partial charge in [-0.2, -0.15) is 0 Å². The summed E-state index contributed by atoms with van der Waals surface area (Å²) in [6, 6.07) is 14.9. The molecular weight excluding hydrogens is 452 g/mol. The number of benzene rings is 2. The minimum absolute atomic E-state index is 0.0997. The van der Waals surface area contributed by atoms with Crippen LogP contribution < -0.4 is 9.80 Å². The molecule has 0 saturated carbocycles. The minimum Gasteiger partial charge on any atom is -0.447 e. The second-order valence-electron chi connectivity index (χ2n) is 9.82. The molecule has 2 saturated heterocycles. The van der Waals surface area contributed by atoms with E-state index in [0.29, 0.717) is 36.5 Å². The number of para-hydroxylation sites is 1. The fourth-order valence-electron chi connectivity index (χ4n) is 6.02. The number of rotatable bonds is 5. The van der Waals surface area contributed by atoms with Gasteiger partial charge in [0.25, 0.3) is 5.91 Å². The molecule has 2 amide bonds. The van der Waals surface area contributed by atoms with Crippen molar-refractivity contribution < 1.29 is 29.0 Å². The topological polar surface area (TPSA) is 99.5 Å². The van der Waals surface area contributed by atoms with Crippen molar-refractivity contribution in [3.63, 3.8) is 0 Å². The Balaban J connectivity index is 1.70.